The van der Waals surface area contributed by atoms with E-state index in [2.05, 4.69) is 4.74 Å². The molecule has 2 heterocycles. The van der Waals surface area contributed by atoms with Crippen molar-refractivity contribution in [3.63, 3.8) is 0 Å². The Balaban J connectivity index is 1.97. The second kappa shape index (κ2) is 7.06. The summed E-state index contributed by atoms with van der Waals surface area (Å²) >= 11 is 0. The predicted molar refractivity (Wildman–Crippen MR) is 100 cm³/mol. The van der Waals surface area contributed by atoms with Gasteiger partial charge < -0.3 is 18.8 Å². The normalized spacial score (nSPS) is 14.0. The third kappa shape index (κ3) is 4.13. The van der Waals surface area contributed by atoms with Crippen LogP contribution in [0.2, 0.25) is 0 Å². The largest absolute Gasteiger partial charge is 0.465 e. The molecular weight excluding hydrogens is 350 g/mol. The van der Waals surface area contributed by atoms with Gasteiger partial charge >= 0.3 is 17.6 Å². The maximum Gasteiger partial charge on any atom is 0.351 e. The molecule has 0 N–H and O–H groups in total. The van der Waals surface area contributed by atoms with Gasteiger partial charge in [0.15, 0.2) is 0 Å². The molecule has 1 aromatic heterocycles. The van der Waals surface area contributed by atoms with E-state index >= 15 is 0 Å². The van der Waals surface area contributed by atoms with E-state index in [0.29, 0.717) is 17.5 Å². The van der Waals surface area contributed by atoms with Gasteiger partial charge in [0.25, 0.3) is 0 Å². The van der Waals surface area contributed by atoms with E-state index in [9.17, 15) is 14.4 Å². The summed E-state index contributed by atoms with van der Waals surface area (Å²) < 4.78 is 15.3. The number of benzene rings is 1. The Kier molecular flexibility index (Phi) is 4.95. The second-order valence-corrected chi connectivity index (χ2v) is 7.57. The van der Waals surface area contributed by atoms with E-state index < -0.39 is 17.2 Å². The predicted octanol–water partition coefficient (Wildman–Crippen LogP) is 2.67. The van der Waals surface area contributed by atoms with Crippen LogP contribution in [-0.2, 0) is 20.7 Å². The van der Waals surface area contributed by atoms with Gasteiger partial charge in [-0.3, -0.25) is 4.79 Å². The van der Waals surface area contributed by atoms with Crippen LogP contribution in [0.3, 0.4) is 0 Å². The molecule has 7 nitrogen and oxygen atoms in total. The molecule has 7 heteroatoms. The number of methoxy groups -OCH3 is 1. The van der Waals surface area contributed by atoms with Crippen molar-refractivity contribution in [3.8, 4) is 0 Å². The lowest BCUT2D eigenvalue weighted by Crippen LogP contribution is -2.37. The van der Waals surface area contributed by atoms with E-state index in [1.165, 1.54) is 13.2 Å². The molecule has 2 aromatic rings. The Morgan fingerprint density at radius 2 is 1.96 bits per heavy atom. The molecule has 0 bridgehead atoms. The van der Waals surface area contributed by atoms with Crippen LogP contribution < -0.4 is 10.5 Å². The number of esters is 2. The van der Waals surface area contributed by atoms with Gasteiger partial charge in [-0.25, -0.2) is 9.59 Å². The molecule has 1 aromatic carbocycles. The highest BCUT2D eigenvalue weighted by molar-refractivity contribution is 5.94. The lowest BCUT2D eigenvalue weighted by Gasteiger charge is -2.31. The summed E-state index contributed by atoms with van der Waals surface area (Å²) in [4.78, 5) is 37.9. The number of rotatable bonds is 3. The topological polar surface area (TPSA) is 86.0 Å². The lowest BCUT2D eigenvalue weighted by atomic mass is 9.99. The fraction of sp³-hybridized carbons (Fsp3) is 0.450. The summed E-state index contributed by atoms with van der Waals surface area (Å²) in [5, 5.41) is 0.646. The molecule has 0 spiro atoms. The highest BCUT2D eigenvalue weighted by Gasteiger charge is 2.24. The van der Waals surface area contributed by atoms with Crippen molar-refractivity contribution >= 4 is 28.6 Å². The zero-order valence-corrected chi connectivity index (χ0v) is 16.0. The smallest absolute Gasteiger partial charge is 0.351 e. The molecule has 0 saturated carbocycles. The Morgan fingerprint density at radius 3 is 2.63 bits per heavy atom. The van der Waals surface area contributed by atoms with Crippen LogP contribution >= 0.6 is 0 Å². The first kappa shape index (κ1) is 18.9. The number of fused-ring (bicyclic) bond motifs is 2. The minimum Gasteiger partial charge on any atom is -0.465 e. The van der Waals surface area contributed by atoms with Crippen molar-refractivity contribution in [2.24, 2.45) is 0 Å². The third-order valence-electron chi connectivity index (χ3n) is 4.29. The molecule has 27 heavy (non-hydrogen) atoms. The summed E-state index contributed by atoms with van der Waals surface area (Å²) in [6, 6.07) is 5.12. The molecule has 0 unspecified atom stereocenters. The molecule has 3 rings (SSSR count). The molecule has 0 amide bonds. The van der Waals surface area contributed by atoms with Crippen molar-refractivity contribution in [3.05, 3.63) is 39.7 Å². The quantitative estimate of drug-likeness (QED) is 0.604. The molecule has 0 saturated heterocycles. The first-order chi connectivity index (χ1) is 12.7. The molecule has 1 aliphatic heterocycles. The average Bonchev–Trinajstić information content (AvgIpc) is 2.57. The number of aryl methyl sites for hydroxylation is 1. The van der Waals surface area contributed by atoms with Gasteiger partial charge in [0, 0.05) is 23.7 Å². The maximum absolute atomic E-state index is 12.2. The lowest BCUT2D eigenvalue weighted by molar-refractivity contribution is -0.153. The number of anilines is 1. The molecule has 0 aliphatic carbocycles. The van der Waals surface area contributed by atoms with E-state index in [1.54, 1.807) is 6.07 Å². The third-order valence-corrected chi connectivity index (χ3v) is 4.29. The standard InChI is InChI=1S/C20H23NO6/c1-20(2,3)27-17(22)11-21-7-5-6-12-8-13-9-14(18(23)25-4)19(24)26-16(13)10-15(12)21/h8-10H,5-7,11H2,1-4H3. The fourth-order valence-electron chi connectivity index (χ4n) is 3.22. The van der Waals surface area contributed by atoms with Crippen LogP contribution in [0.25, 0.3) is 11.0 Å². The van der Waals surface area contributed by atoms with Crippen LogP contribution in [0.5, 0.6) is 0 Å². The van der Waals surface area contributed by atoms with E-state index in [-0.39, 0.29) is 18.1 Å². The molecule has 0 atom stereocenters. The van der Waals surface area contributed by atoms with Crippen LogP contribution in [0.4, 0.5) is 5.69 Å². The summed E-state index contributed by atoms with van der Waals surface area (Å²) in [5.41, 5.74) is 0.809. The van der Waals surface area contributed by atoms with E-state index in [1.807, 2.05) is 31.7 Å². The Hall–Kier alpha value is -2.83. The Labute approximate surface area is 156 Å². The van der Waals surface area contributed by atoms with Gasteiger partial charge in [-0.15, -0.1) is 0 Å². The SMILES string of the molecule is COC(=O)c1cc2cc3c(cc2oc1=O)N(CC(=O)OC(C)(C)C)CCC3. The minimum absolute atomic E-state index is 0.125. The zero-order valence-electron chi connectivity index (χ0n) is 16.0. The number of nitrogens with zero attached hydrogens (tertiary/aromatic N) is 1. The number of hydrogen-bond donors (Lipinski definition) is 0. The van der Waals surface area contributed by atoms with Crippen molar-refractivity contribution in [2.45, 2.75) is 39.2 Å². The second-order valence-electron chi connectivity index (χ2n) is 7.57. The molecule has 0 radical (unpaired) electrons. The van der Waals surface area contributed by atoms with Gasteiger partial charge in [-0.1, -0.05) is 0 Å². The summed E-state index contributed by atoms with van der Waals surface area (Å²) in [6.07, 6.45) is 1.73. The molecule has 0 fully saturated rings. The monoisotopic (exact) mass is 373 g/mol. The van der Waals surface area contributed by atoms with Gasteiger partial charge in [0.1, 0.15) is 23.3 Å². The highest BCUT2D eigenvalue weighted by atomic mass is 16.6. The number of carbonyl (C=O) groups is 2. The van der Waals surface area contributed by atoms with E-state index in [4.69, 9.17) is 9.15 Å². The van der Waals surface area contributed by atoms with Crippen molar-refractivity contribution < 1.29 is 23.5 Å². The number of hydrogen-bond acceptors (Lipinski definition) is 7. The summed E-state index contributed by atoms with van der Waals surface area (Å²) in [7, 11) is 1.22. The average molecular weight is 373 g/mol. The van der Waals surface area contributed by atoms with Gasteiger partial charge in [0.2, 0.25) is 0 Å². The molecular formula is C20H23NO6. The van der Waals surface area contributed by atoms with Gasteiger partial charge in [-0.05, 0) is 51.3 Å². The number of carbonyl (C=O) groups excluding carboxylic acids is 2. The zero-order chi connectivity index (χ0) is 19.8. The van der Waals surface area contributed by atoms with Crippen molar-refractivity contribution in [2.75, 3.05) is 25.1 Å². The summed E-state index contributed by atoms with van der Waals surface area (Å²) in [5.74, 6) is -1.03. The maximum atomic E-state index is 12.2. The van der Waals surface area contributed by atoms with Crippen molar-refractivity contribution in [1.82, 2.24) is 0 Å². The minimum atomic E-state index is -0.746. The molecule has 1 aliphatic rings. The number of ether oxygens (including phenoxy) is 2. The summed E-state index contributed by atoms with van der Waals surface area (Å²) in [6.45, 7) is 6.32. The van der Waals surface area contributed by atoms with Crippen molar-refractivity contribution in [1.29, 1.82) is 0 Å². The van der Waals surface area contributed by atoms with Crippen LogP contribution in [0.1, 0.15) is 43.1 Å². The first-order valence-electron chi connectivity index (χ1n) is 8.84. The van der Waals surface area contributed by atoms with Gasteiger partial charge in [-0.2, -0.15) is 0 Å². The van der Waals surface area contributed by atoms with Gasteiger partial charge in [0.05, 0.1) is 7.11 Å². The first-order valence-corrected chi connectivity index (χ1v) is 8.84. The fourth-order valence-corrected chi connectivity index (χ4v) is 3.22. The highest BCUT2D eigenvalue weighted by Crippen LogP contribution is 2.31. The van der Waals surface area contributed by atoms with Crippen LogP contribution in [0.15, 0.2) is 27.4 Å². The molecule has 144 valence electrons. The van der Waals surface area contributed by atoms with Crippen LogP contribution in [-0.4, -0.2) is 37.7 Å². The Bertz CT molecular complexity index is 953. The Morgan fingerprint density at radius 1 is 1.22 bits per heavy atom. The van der Waals surface area contributed by atoms with E-state index in [0.717, 1.165) is 24.1 Å². The van der Waals surface area contributed by atoms with Crippen LogP contribution in [0, 0.1) is 0 Å².